The summed E-state index contributed by atoms with van der Waals surface area (Å²) in [6.45, 7) is 3.26. The van der Waals surface area contributed by atoms with Crippen molar-refractivity contribution in [3.8, 4) is 10.6 Å². The third-order valence-corrected chi connectivity index (χ3v) is 5.49. The highest BCUT2D eigenvalue weighted by Crippen LogP contribution is 2.29. The minimum atomic E-state index is -0.564. The van der Waals surface area contributed by atoms with E-state index in [0.717, 1.165) is 11.1 Å². The lowest BCUT2D eigenvalue weighted by molar-refractivity contribution is -0.124. The average molecular weight is 415 g/mol. The van der Waals surface area contributed by atoms with Gasteiger partial charge < -0.3 is 10.1 Å². The van der Waals surface area contributed by atoms with Gasteiger partial charge in [-0.2, -0.15) is 0 Å². The Kier molecular flexibility index (Phi) is 6.44. The molecule has 1 N–H and O–H groups in total. The van der Waals surface area contributed by atoms with Gasteiger partial charge in [0.15, 0.2) is 6.61 Å². The fourth-order valence-corrected chi connectivity index (χ4v) is 3.78. The van der Waals surface area contributed by atoms with Crippen molar-refractivity contribution in [3.63, 3.8) is 0 Å². The predicted octanol–water partition coefficient (Wildman–Crippen LogP) is 4.81. The zero-order valence-electron chi connectivity index (χ0n) is 15.4. The Hall–Kier alpha value is -2.70. The Balaban J connectivity index is 1.60. The topological polar surface area (TPSA) is 68.3 Å². The molecule has 0 radical (unpaired) electrons. The van der Waals surface area contributed by atoms with Gasteiger partial charge in [-0.05, 0) is 31.5 Å². The number of carbonyl (C=O) groups excluding carboxylic acids is 2. The normalized spacial score (nSPS) is 11.7. The third-order valence-electron chi connectivity index (χ3n) is 4.06. The van der Waals surface area contributed by atoms with Crippen LogP contribution in [0.1, 0.15) is 33.9 Å². The van der Waals surface area contributed by atoms with Gasteiger partial charge in [-0.25, -0.2) is 9.78 Å². The maximum Gasteiger partial charge on any atom is 0.350 e. The summed E-state index contributed by atoms with van der Waals surface area (Å²) in [4.78, 5) is 29.3. The van der Waals surface area contributed by atoms with Crippen LogP contribution in [-0.2, 0) is 9.53 Å². The lowest BCUT2D eigenvalue weighted by Crippen LogP contribution is -2.31. The van der Waals surface area contributed by atoms with Crippen LogP contribution in [-0.4, -0.2) is 23.5 Å². The second kappa shape index (κ2) is 8.99. The van der Waals surface area contributed by atoms with Crippen LogP contribution in [0, 0.1) is 6.92 Å². The summed E-state index contributed by atoms with van der Waals surface area (Å²) < 4.78 is 5.17. The van der Waals surface area contributed by atoms with Crippen LogP contribution in [0.2, 0.25) is 5.02 Å². The quantitative estimate of drug-likeness (QED) is 0.588. The molecular weight excluding hydrogens is 396 g/mol. The summed E-state index contributed by atoms with van der Waals surface area (Å²) in [5.74, 6) is -0.923. The zero-order chi connectivity index (χ0) is 20.1. The first-order chi connectivity index (χ1) is 13.4. The number of hydrogen-bond donors (Lipinski definition) is 1. The average Bonchev–Trinajstić information content (AvgIpc) is 3.08. The van der Waals surface area contributed by atoms with E-state index in [1.807, 2.05) is 49.4 Å². The van der Waals surface area contributed by atoms with Crippen molar-refractivity contribution in [2.24, 2.45) is 0 Å². The van der Waals surface area contributed by atoms with Crippen molar-refractivity contribution in [3.05, 3.63) is 75.8 Å². The van der Waals surface area contributed by atoms with Crippen LogP contribution in [0.15, 0.2) is 54.6 Å². The Bertz CT molecular complexity index is 988. The number of rotatable bonds is 6. The Morgan fingerprint density at radius 3 is 2.64 bits per heavy atom. The number of aryl methyl sites for hydroxylation is 1. The molecule has 0 aliphatic heterocycles. The minimum Gasteiger partial charge on any atom is -0.451 e. The molecule has 0 saturated heterocycles. The smallest absolute Gasteiger partial charge is 0.350 e. The SMILES string of the molecule is Cc1nc(-c2cccc(Cl)c2)sc1C(=O)OCC(=O)NC(C)c1ccccc1. The number of benzene rings is 2. The zero-order valence-corrected chi connectivity index (χ0v) is 17.0. The van der Waals surface area contributed by atoms with E-state index in [-0.39, 0.29) is 18.6 Å². The molecular formula is C21H19ClN2O3S. The van der Waals surface area contributed by atoms with Crippen LogP contribution >= 0.6 is 22.9 Å². The number of nitrogens with zero attached hydrogens (tertiary/aromatic N) is 1. The van der Waals surface area contributed by atoms with Crippen molar-refractivity contribution in [1.82, 2.24) is 10.3 Å². The van der Waals surface area contributed by atoms with Gasteiger partial charge in [-0.1, -0.05) is 54.1 Å². The van der Waals surface area contributed by atoms with Gasteiger partial charge in [0.25, 0.3) is 5.91 Å². The van der Waals surface area contributed by atoms with E-state index in [0.29, 0.717) is 20.6 Å². The second-order valence-corrected chi connectivity index (χ2v) is 7.66. The molecule has 28 heavy (non-hydrogen) atoms. The predicted molar refractivity (Wildman–Crippen MR) is 111 cm³/mol. The molecule has 1 heterocycles. The molecule has 1 atom stereocenters. The highest BCUT2D eigenvalue weighted by Gasteiger charge is 2.19. The summed E-state index contributed by atoms with van der Waals surface area (Å²) in [6.07, 6.45) is 0. The molecule has 144 valence electrons. The van der Waals surface area contributed by atoms with E-state index in [1.54, 1.807) is 19.1 Å². The minimum absolute atomic E-state index is 0.174. The van der Waals surface area contributed by atoms with E-state index in [2.05, 4.69) is 10.3 Å². The maximum absolute atomic E-state index is 12.4. The lowest BCUT2D eigenvalue weighted by atomic mass is 10.1. The molecule has 0 bridgehead atoms. The monoisotopic (exact) mass is 414 g/mol. The first-order valence-electron chi connectivity index (χ1n) is 8.69. The van der Waals surface area contributed by atoms with Gasteiger partial charge in [-0.15, -0.1) is 11.3 Å². The largest absolute Gasteiger partial charge is 0.451 e. The fourth-order valence-electron chi connectivity index (χ4n) is 2.64. The maximum atomic E-state index is 12.4. The van der Waals surface area contributed by atoms with Crippen LogP contribution in [0.3, 0.4) is 0 Å². The van der Waals surface area contributed by atoms with Gasteiger partial charge in [0.1, 0.15) is 9.88 Å². The number of carbonyl (C=O) groups is 2. The lowest BCUT2D eigenvalue weighted by Gasteiger charge is -2.14. The van der Waals surface area contributed by atoms with Gasteiger partial charge in [-0.3, -0.25) is 4.79 Å². The molecule has 3 aromatic rings. The second-order valence-electron chi connectivity index (χ2n) is 6.22. The van der Waals surface area contributed by atoms with Crippen LogP contribution in [0.5, 0.6) is 0 Å². The molecule has 0 aliphatic rings. The van der Waals surface area contributed by atoms with Crippen molar-refractivity contribution >= 4 is 34.8 Å². The fraction of sp³-hybridized carbons (Fsp3) is 0.190. The molecule has 0 fully saturated rings. The summed E-state index contributed by atoms with van der Waals surface area (Å²) in [6, 6.07) is 16.7. The summed E-state index contributed by atoms with van der Waals surface area (Å²) in [5.41, 5.74) is 2.36. The number of amides is 1. The molecule has 7 heteroatoms. The number of aromatic nitrogens is 1. The number of thiazole rings is 1. The summed E-state index contributed by atoms with van der Waals surface area (Å²) >= 11 is 7.23. The highest BCUT2D eigenvalue weighted by molar-refractivity contribution is 7.17. The number of hydrogen-bond acceptors (Lipinski definition) is 5. The van der Waals surface area contributed by atoms with E-state index in [1.165, 1.54) is 11.3 Å². The number of halogens is 1. The first-order valence-corrected chi connectivity index (χ1v) is 9.88. The number of esters is 1. The van der Waals surface area contributed by atoms with Gasteiger partial charge in [0, 0.05) is 10.6 Å². The van der Waals surface area contributed by atoms with Crippen molar-refractivity contribution < 1.29 is 14.3 Å². The van der Waals surface area contributed by atoms with E-state index < -0.39 is 5.97 Å². The Morgan fingerprint density at radius 2 is 1.93 bits per heavy atom. The van der Waals surface area contributed by atoms with Gasteiger partial charge in [0.2, 0.25) is 0 Å². The highest BCUT2D eigenvalue weighted by atomic mass is 35.5. The standard InChI is InChI=1S/C21H19ClN2O3S/c1-13(15-7-4-3-5-8-15)23-18(25)12-27-21(26)19-14(2)24-20(28-19)16-9-6-10-17(22)11-16/h3-11,13H,12H2,1-2H3,(H,23,25). The molecule has 1 aromatic heterocycles. The van der Waals surface area contributed by atoms with E-state index in [9.17, 15) is 9.59 Å². The van der Waals surface area contributed by atoms with Crippen molar-refractivity contribution in [2.45, 2.75) is 19.9 Å². The summed E-state index contributed by atoms with van der Waals surface area (Å²) in [7, 11) is 0. The molecule has 2 aromatic carbocycles. The first kappa shape index (κ1) is 20.0. The van der Waals surface area contributed by atoms with Crippen LogP contribution in [0.4, 0.5) is 0 Å². The molecule has 3 rings (SSSR count). The van der Waals surface area contributed by atoms with E-state index in [4.69, 9.17) is 16.3 Å². The third kappa shape index (κ3) is 4.97. The molecule has 0 spiro atoms. The van der Waals surface area contributed by atoms with Gasteiger partial charge in [0.05, 0.1) is 11.7 Å². The molecule has 0 aliphatic carbocycles. The molecule has 1 amide bonds. The van der Waals surface area contributed by atoms with Crippen LogP contribution < -0.4 is 5.32 Å². The summed E-state index contributed by atoms with van der Waals surface area (Å²) in [5, 5.41) is 4.08. The van der Waals surface area contributed by atoms with E-state index >= 15 is 0 Å². The van der Waals surface area contributed by atoms with Crippen molar-refractivity contribution in [1.29, 1.82) is 0 Å². The Morgan fingerprint density at radius 1 is 1.18 bits per heavy atom. The number of ether oxygens (including phenoxy) is 1. The molecule has 1 unspecified atom stereocenters. The van der Waals surface area contributed by atoms with Crippen molar-refractivity contribution in [2.75, 3.05) is 6.61 Å². The Labute approximate surface area is 172 Å². The molecule has 5 nitrogen and oxygen atoms in total. The van der Waals surface area contributed by atoms with Gasteiger partial charge >= 0.3 is 5.97 Å². The number of nitrogens with one attached hydrogen (secondary N) is 1. The van der Waals surface area contributed by atoms with Crippen LogP contribution in [0.25, 0.3) is 10.6 Å². The molecule has 0 saturated carbocycles.